The number of carbonyl (C=O) groups is 1. The zero-order valence-electron chi connectivity index (χ0n) is 14.7. The van der Waals surface area contributed by atoms with E-state index >= 15 is 0 Å². The lowest BCUT2D eigenvalue weighted by Gasteiger charge is -2.13. The molecule has 0 bridgehead atoms. The van der Waals surface area contributed by atoms with Crippen LogP contribution in [-0.4, -0.2) is 30.9 Å². The molecule has 0 amide bonds. The third-order valence-electron chi connectivity index (χ3n) is 3.76. The van der Waals surface area contributed by atoms with Gasteiger partial charge in [-0.15, -0.1) is 0 Å². The Bertz CT molecular complexity index is 732. The van der Waals surface area contributed by atoms with Gasteiger partial charge in [-0.3, -0.25) is 0 Å². The maximum atomic E-state index is 11.4. The van der Waals surface area contributed by atoms with E-state index in [1.807, 2.05) is 18.2 Å². The van der Waals surface area contributed by atoms with Crippen LogP contribution >= 0.6 is 0 Å². The molecule has 0 saturated heterocycles. The van der Waals surface area contributed by atoms with Crippen LogP contribution in [0.25, 0.3) is 11.1 Å². The molecule has 1 N–H and O–H groups in total. The summed E-state index contributed by atoms with van der Waals surface area (Å²) in [4.78, 5) is 11.4. The van der Waals surface area contributed by atoms with E-state index in [-0.39, 0.29) is 19.8 Å². The molecule has 0 unspecified atom stereocenters. The highest BCUT2D eigenvalue weighted by atomic mass is 16.6. The Morgan fingerprint density at radius 3 is 2.40 bits per heavy atom. The maximum absolute atomic E-state index is 11.4. The molecule has 2 rings (SSSR count). The van der Waals surface area contributed by atoms with Crippen molar-refractivity contribution in [2.75, 3.05) is 19.8 Å². The number of aliphatic hydroxyl groups is 1. The Labute approximate surface area is 148 Å². The van der Waals surface area contributed by atoms with Crippen LogP contribution in [0, 0.1) is 6.92 Å². The lowest BCUT2D eigenvalue weighted by Crippen LogP contribution is -2.13. The van der Waals surface area contributed by atoms with E-state index in [9.17, 15) is 9.90 Å². The molecule has 0 aromatic heterocycles. The summed E-state index contributed by atoms with van der Waals surface area (Å²) in [5.74, 6) is 0.270. The fourth-order valence-corrected chi connectivity index (χ4v) is 2.35. The Morgan fingerprint density at radius 1 is 1.08 bits per heavy atom. The first-order chi connectivity index (χ1) is 12.0. The number of ether oxygens (including phenoxy) is 2. The average Bonchev–Trinajstić information content (AvgIpc) is 2.60. The Morgan fingerprint density at radius 2 is 1.76 bits per heavy atom. The van der Waals surface area contributed by atoms with Gasteiger partial charge in [0.1, 0.15) is 19.0 Å². The molecule has 2 aromatic carbocycles. The Balaban J connectivity index is 2.10. The molecular weight excluding hydrogens is 316 g/mol. The summed E-state index contributed by atoms with van der Waals surface area (Å²) in [5.41, 5.74) is 4.62. The summed E-state index contributed by atoms with van der Waals surface area (Å²) < 4.78 is 10.8. The van der Waals surface area contributed by atoms with Crippen LogP contribution in [0.3, 0.4) is 0 Å². The Kier molecular flexibility index (Phi) is 6.78. The molecule has 0 heterocycles. The van der Waals surface area contributed by atoms with Gasteiger partial charge in [0.25, 0.3) is 0 Å². The van der Waals surface area contributed by atoms with E-state index in [0.29, 0.717) is 17.7 Å². The number of benzene rings is 2. The van der Waals surface area contributed by atoms with Gasteiger partial charge < -0.3 is 14.6 Å². The first-order valence-corrected chi connectivity index (χ1v) is 8.27. The molecule has 132 valence electrons. The molecule has 0 fully saturated rings. The van der Waals surface area contributed by atoms with Crippen LogP contribution in [0.1, 0.15) is 18.1 Å². The molecule has 4 heteroatoms. The minimum absolute atomic E-state index is 0.0465. The van der Waals surface area contributed by atoms with Gasteiger partial charge in [-0.1, -0.05) is 48.5 Å². The predicted molar refractivity (Wildman–Crippen MR) is 98.7 cm³/mol. The quantitative estimate of drug-likeness (QED) is 0.452. The van der Waals surface area contributed by atoms with E-state index < -0.39 is 5.97 Å². The number of aryl methyl sites for hydroxylation is 1. The second kappa shape index (κ2) is 9.04. The van der Waals surface area contributed by atoms with Crippen molar-refractivity contribution in [2.24, 2.45) is 0 Å². The van der Waals surface area contributed by atoms with Crippen LogP contribution in [-0.2, 0) is 16.0 Å². The van der Waals surface area contributed by atoms with Crippen molar-refractivity contribution in [1.29, 1.82) is 0 Å². The van der Waals surface area contributed by atoms with Gasteiger partial charge in [-0.25, -0.2) is 4.79 Å². The maximum Gasteiger partial charge on any atom is 0.333 e. The summed E-state index contributed by atoms with van der Waals surface area (Å²) >= 11 is 0. The number of hydrogen-bond donors (Lipinski definition) is 1. The lowest BCUT2D eigenvalue weighted by atomic mass is 10.0. The predicted octanol–water partition coefficient (Wildman–Crippen LogP) is 3.69. The zero-order chi connectivity index (χ0) is 18.2. The highest BCUT2D eigenvalue weighted by Gasteiger charge is 2.08. The fraction of sp³-hybridized carbons (Fsp3) is 0.286. The van der Waals surface area contributed by atoms with Crippen molar-refractivity contribution in [3.63, 3.8) is 0 Å². The minimum Gasteiger partial charge on any atom is -0.490 e. The molecule has 0 radical (unpaired) electrons. The van der Waals surface area contributed by atoms with E-state index in [0.717, 1.165) is 16.7 Å². The molecular formula is C21H24O4. The van der Waals surface area contributed by atoms with Gasteiger partial charge in [0.15, 0.2) is 0 Å². The van der Waals surface area contributed by atoms with Gasteiger partial charge in [-0.05, 0) is 43.0 Å². The molecule has 0 aliphatic heterocycles. The minimum atomic E-state index is -0.424. The van der Waals surface area contributed by atoms with E-state index in [2.05, 4.69) is 37.8 Å². The van der Waals surface area contributed by atoms with Crippen molar-refractivity contribution in [1.82, 2.24) is 0 Å². The zero-order valence-corrected chi connectivity index (χ0v) is 14.7. The summed E-state index contributed by atoms with van der Waals surface area (Å²) in [6.07, 6.45) is 0.509. The largest absolute Gasteiger partial charge is 0.490 e. The van der Waals surface area contributed by atoms with Gasteiger partial charge in [0.05, 0.1) is 0 Å². The normalized spacial score (nSPS) is 10.4. The second-order valence-electron chi connectivity index (χ2n) is 5.93. The van der Waals surface area contributed by atoms with E-state index in [4.69, 9.17) is 9.47 Å². The van der Waals surface area contributed by atoms with Gasteiger partial charge >= 0.3 is 5.97 Å². The summed E-state index contributed by atoms with van der Waals surface area (Å²) in [5, 5.41) is 9.23. The third-order valence-corrected chi connectivity index (χ3v) is 3.76. The van der Waals surface area contributed by atoms with Crippen molar-refractivity contribution in [2.45, 2.75) is 20.3 Å². The molecule has 2 aromatic rings. The number of carbonyl (C=O) groups excluding carboxylic acids is 1. The lowest BCUT2D eigenvalue weighted by molar-refractivity contribution is -0.139. The topological polar surface area (TPSA) is 55.8 Å². The molecule has 0 aliphatic carbocycles. The number of hydrogen-bond acceptors (Lipinski definition) is 4. The number of esters is 1. The molecule has 0 aliphatic rings. The first-order valence-electron chi connectivity index (χ1n) is 8.27. The van der Waals surface area contributed by atoms with Crippen LogP contribution in [0.2, 0.25) is 0 Å². The van der Waals surface area contributed by atoms with Gasteiger partial charge in [0.2, 0.25) is 0 Å². The van der Waals surface area contributed by atoms with Gasteiger partial charge in [0, 0.05) is 12.2 Å². The summed E-state index contributed by atoms with van der Waals surface area (Å²) in [7, 11) is 0. The molecule has 4 nitrogen and oxygen atoms in total. The highest BCUT2D eigenvalue weighted by Crippen LogP contribution is 2.28. The van der Waals surface area contributed by atoms with Crippen molar-refractivity contribution < 1.29 is 19.4 Å². The highest BCUT2D eigenvalue weighted by molar-refractivity contribution is 5.86. The summed E-state index contributed by atoms with van der Waals surface area (Å²) in [6, 6.07) is 14.2. The molecule has 0 spiro atoms. The monoisotopic (exact) mass is 340 g/mol. The van der Waals surface area contributed by atoms with Crippen molar-refractivity contribution in [3.05, 3.63) is 65.7 Å². The average molecular weight is 340 g/mol. The molecule has 0 atom stereocenters. The first kappa shape index (κ1) is 18.7. The van der Waals surface area contributed by atoms with Crippen LogP contribution in [0.5, 0.6) is 5.75 Å². The van der Waals surface area contributed by atoms with Crippen molar-refractivity contribution >= 4 is 5.97 Å². The standard InChI is InChI=1S/C21H24O4/c1-15(2)21(23)25-13-12-24-20-14-19(9-8-18(20)10-11-22)17-6-4-16(3)5-7-17/h4-9,14,22H,1,10-13H2,2-3H3. The van der Waals surface area contributed by atoms with Crippen molar-refractivity contribution in [3.8, 4) is 16.9 Å². The summed E-state index contributed by atoms with van der Waals surface area (Å²) in [6.45, 7) is 7.64. The number of rotatable bonds is 8. The third kappa shape index (κ3) is 5.47. The van der Waals surface area contributed by atoms with E-state index in [1.165, 1.54) is 5.56 Å². The SMILES string of the molecule is C=C(C)C(=O)OCCOc1cc(-c2ccc(C)cc2)ccc1CCO. The Hall–Kier alpha value is -2.59. The van der Waals surface area contributed by atoms with Crippen LogP contribution < -0.4 is 4.74 Å². The fourth-order valence-electron chi connectivity index (χ4n) is 2.35. The van der Waals surface area contributed by atoms with E-state index in [1.54, 1.807) is 6.92 Å². The van der Waals surface area contributed by atoms with Crippen LogP contribution in [0.15, 0.2) is 54.6 Å². The number of aliphatic hydroxyl groups excluding tert-OH is 1. The molecule has 25 heavy (non-hydrogen) atoms. The second-order valence-corrected chi connectivity index (χ2v) is 5.93. The van der Waals surface area contributed by atoms with Gasteiger partial charge in [-0.2, -0.15) is 0 Å². The van der Waals surface area contributed by atoms with Crippen LogP contribution in [0.4, 0.5) is 0 Å². The molecule has 0 saturated carbocycles. The smallest absolute Gasteiger partial charge is 0.333 e.